The van der Waals surface area contributed by atoms with Gasteiger partial charge < -0.3 is 10.1 Å². The summed E-state index contributed by atoms with van der Waals surface area (Å²) in [6, 6.07) is 12.5. The van der Waals surface area contributed by atoms with Crippen molar-refractivity contribution in [2.24, 2.45) is 0 Å². The summed E-state index contributed by atoms with van der Waals surface area (Å²) in [6.07, 6.45) is 0.239. The van der Waals surface area contributed by atoms with Gasteiger partial charge in [0, 0.05) is 32.6 Å². The van der Waals surface area contributed by atoms with E-state index in [0.717, 1.165) is 31.9 Å². The van der Waals surface area contributed by atoms with E-state index in [0.29, 0.717) is 5.56 Å². The number of hydrogen-bond donors (Lipinski definition) is 1. The zero-order valence-electron chi connectivity index (χ0n) is 13.9. The van der Waals surface area contributed by atoms with Crippen LogP contribution in [-0.4, -0.2) is 13.0 Å². The van der Waals surface area contributed by atoms with Crippen LogP contribution in [0.2, 0.25) is 0 Å². The van der Waals surface area contributed by atoms with Crippen molar-refractivity contribution in [3.05, 3.63) is 68.6 Å². The highest BCUT2D eigenvalue weighted by Crippen LogP contribution is 2.47. The first-order valence-electron chi connectivity index (χ1n) is 8.07. The van der Waals surface area contributed by atoms with Crippen LogP contribution in [0.1, 0.15) is 22.8 Å². The maximum Gasteiger partial charge on any atom is 0.225 e. The first-order valence-corrected chi connectivity index (χ1v) is 9.74. The van der Waals surface area contributed by atoms with Gasteiger partial charge >= 0.3 is 0 Å². The van der Waals surface area contributed by atoms with Crippen LogP contribution in [0.4, 0.5) is 10.1 Å². The molecular weight excluding hydrogens is 417 g/mol. The summed E-state index contributed by atoms with van der Waals surface area (Å²) in [5, 5.41) is 4.99. The van der Waals surface area contributed by atoms with E-state index in [1.165, 1.54) is 6.07 Å². The summed E-state index contributed by atoms with van der Waals surface area (Å²) >= 11 is 4.95. The number of halogens is 2. The number of carbonyl (C=O) groups is 1. The van der Waals surface area contributed by atoms with Crippen molar-refractivity contribution in [1.82, 2.24) is 0 Å². The van der Waals surface area contributed by atoms with E-state index in [1.807, 2.05) is 29.6 Å². The molecule has 1 aliphatic rings. The molecule has 3 nitrogen and oxygen atoms in total. The zero-order valence-corrected chi connectivity index (χ0v) is 16.3. The van der Waals surface area contributed by atoms with E-state index < -0.39 is 0 Å². The molecule has 1 amide bonds. The lowest BCUT2D eigenvalue weighted by Gasteiger charge is -2.24. The predicted molar refractivity (Wildman–Crippen MR) is 105 cm³/mol. The summed E-state index contributed by atoms with van der Waals surface area (Å²) in [6.45, 7) is 0. The van der Waals surface area contributed by atoms with Crippen molar-refractivity contribution in [3.8, 4) is 16.9 Å². The average molecular weight is 432 g/mol. The summed E-state index contributed by atoms with van der Waals surface area (Å²) in [7, 11) is 1.62. The number of ether oxygens (including phenoxy) is 1. The second-order valence-electron chi connectivity index (χ2n) is 6.09. The maximum atomic E-state index is 14.4. The monoisotopic (exact) mass is 431 g/mol. The Bertz CT molecular complexity index is 984. The lowest BCUT2D eigenvalue weighted by molar-refractivity contribution is -0.116. The minimum atomic E-state index is -0.293. The van der Waals surface area contributed by atoms with Crippen molar-refractivity contribution in [2.45, 2.75) is 12.3 Å². The highest BCUT2D eigenvalue weighted by molar-refractivity contribution is 9.10. The van der Waals surface area contributed by atoms with Gasteiger partial charge in [0.2, 0.25) is 5.91 Å². The Morgan fingerprint density at radius 2 is 2.00 bits per heavy atom. The van der Waals surface area contributed by atoms with E-state index in [1.54, 1.807) is 30.6 Å². The van der Waals surface area contributed by atoms with E-state index in [2.05, 4.69) is 21.2 Å². The first kappa shape index (κ1) is 17.2. The van der Waals surface area contributed by atoms with Crippen molar-refractivity contribution < 1.29 is 13.9 Å². The molecule has 0 aliphatic carbocycles. The van der Waals surface area contributed by atoms with Crippen LogP contribution in [0.5, 0.6) is 5.75 Å². The van der Waals surface area contributed by atoms with Crippen molar-refractivity contribution in [2.75, 3.05) is 12.4 Å². The highest BCUT2D eigenvalue weighted by Gasteiger charge is 2.32. The van der Waals surface area contributed by atoms with Crippen LogP contribution in [0.25, 0.3) is 11.1 Å². The zero-order chi connectivity index (χ0) is 18.3. The van der Waals surface area contributed by atoms with Gasteiger partial charge in [-0.25, -0.2) is 4.39 Å². The number of amides is 1. The number of methoxy groups -OCH3 is 1. The molecule has 0 fully saturated rings. The van der Waals surface area contributed by atoms with E-state index in [4.69, 9.17) is 4.74 Å². The van der Waals surface area contributed by atoms with E-state index in [9.17, 15) is 9.18 Å². The topological polar surface area (TPSA) is 38.3 Å². The smallest absolute Gasteiger partial charge is 0.225 e. The minimum absolute atomic E-state index is 0.102. The molecule has 0 saturated heterocycles. The summed E-state index contributed by atoms with van der Waals surface area (Å²) in [5.41, 5.74) is 3.25. The third-order valence-corrected chi connectivity index (χ3v) is 6.11. The van der Waals surface area contributed by atoms with Crippen LogP contribution < -0.4 is 10.1 Å². The molecule has 132 valence electrons. The largest absolute Gasteiger partial charge is 0.497 e. The van der Waals surface area contributed by atoms with Crippen LogP contribution in [0.15, 0.2) is 52.3 Å². The SMILES string of the molecule is COc1ccc(-c2csc3c2NC(=O)CC3c2cc(Br)ccc2F)cc1. The molecule has 0 spiro atoms. The van der Waals surface area contributed by atoms with Gasteiger partial charge in [-0.3, -0.25) is 4.79 Å². The molecule has 2 aromatic carbocycles. The first-order chi connectivity index (χ1) is 12.6. The fraction of sp³-hybridized carbons (Fsp3) is 0.150. The molecule has 0 bridgehead atoms. The second kappa shape index (κ2) is 6.85. The molecule has 26 heavy (non-hydrogen) atoms. The van der Waals surface area contributed by atoms with E-state index >= 15 is 0 Å². The Hall–Kier alpha value is -2.18. The van der Waals surface area contributed by atoms with E-state index in [-0.39, 0.29) is 24.1 Å². The number of hydrogen-bond acceptors (Lipinski definition) is 3. The van der Waals surface area contributed by atoms with Crippen LogP contribution in [-0.2, 0) is 4.79 Å². The highest BCUT2D eigenvalue weighted by atomic mass is 79.9. The molecule has 4 rings (SSSR count). The number of anilines is 1. The van der Waals surface area contributed by atoms with Gasteiger partial charge in [-0.1, -0.05) is 28.1 Å². The van der Waals surface area contributed by atoms with Crippen molar-refractivity contribution in [3.63, 3.8) is 0 Å². The average Bonchev–Trinajstić information content (AvgIpc) is 3.07. The third kappa shape index (κ3) is 3.04. The normalized spacial score (nSPS) is 16.1. The molecule has 1 aromatic heterocycles. The van der Waals surface area contributed by atoms with Gasteiger partial charge in [-0.15, -0.1) is 11.3 Å². The van der Waals surface area contributed by atoms with Gasteiger partial charge in [0.1, 0.15) is 11.6 Å². The number of thiophene rings is 1. The van der Waals surface area contributed by atoms with Crippen LogP contribution in [0.3, 0.4) is 0 Å². The summed E-state index contributed by atoms with van der Waals surface area (Å²) in [5.74, 6) is 0.0949. The Morgan fingerprint density at radius 3 is 2.73 bits per heavy atom. The molecule has 0 radical (unpaired) electrons. The molecular formula is C20H15BrFNO2S. The van der Waals surface area contributed by atoms with Crippen LogP contribution >= 0.6 is 27.3 Å². The standard InChI is InChI=1S/C20H15BrFNO2S/c1-25-13-5-2-11(3-6-13)16-10-26-20-15(9-18(24)23-19(16)20)14-8-12(21)4-7-17(14)22/h2-8,10,15H,9H2,1H3,(H,23,24). The molecule has 1 aliphatic heterocycles. The number of carbonyl (C=O) groups excluding carboxylic acids is 1. The minimum Gasteiger partial charge on any atom is -0.497 e. The van der Waals surface area contributed by atoms with Gasteiger partial charge in [0.25, 0.3) is 0 Å². The lowest BCUT2D eigenvalue weighted by Crippen LogP contribution is -2.23. The Morgan fingerprint density at radius 1 is 1.23 bits per heavy atom. The Balaban J connectivity index is 1.81. The Kier molecular flexibility index (Phi) is 4.54. The maximum absolute atomic E-state index is 14.4. The van der Waals surface area contributed by atoms with Crippen LogP contribution in [0, 0.1) is 5.82 Å². The predicted octanol–water partition coefficient (Wildman–Crippen LogP) is 5.80. The molecule has 2 heterocycles. The molecule has 0 saturated carbocycles. The molecule has 6 heteroatoms. The molecule has 1 unspecified atom stereocenters. The summed E-state index contributed by atoms with van der Waals surface area (Å²) < 4.78 is 20.4. The molecule has 3 aromatic rings. The number of nitrogens with one attached hydrogen (secondary N) is 1. The van der Waals surface area contributed by atoms with Gasteiger partial charge in [0.05, 0.1) is 12.8 Å². The molecule has 1 N–H and O–H groups in total. The number of fused-ring (bicyclic) bond motifs is 1. The molecule has 1 atom stereocenters. The quantitative estimate of drug-likeness (QED) is 0.568. The van der Waals surface area contributed by atoms with Crippen molar-refractivity contribution in [1.29, 1.82) is 0 Å². The van der Waals surface area contributed by atoms with Gasteiger partial charge in [0.15, 0.2) is 0 Å². The third-order valence-electron chi connectivity index (χ3n) is 4.52. The number of benzene rings is 2. The van der Waals surface area contributed by atoms with Crippen molar-refractivity contribution >= 4 is 38.9 Å². The fourth-order valence-corrected chi connectivity index (χ4v) is 4.77. The van der Waals surface area contributed by atoms with Gasteiger partial charge in [-0.05, 0) is 41.5 Å². The lowest BCUT2D eigenvalue weighted by atomic mass is 9.89. The summed E-state index contributed by atoms with van der Waals surface area (Å²) in [4.78, 5) is 13.3. The second-order valence-corrected chi connectivity index (χ2v) is 7.91. The Labute approximate surface area is 162 Å². The van der Waals surface area contributed by atoms with Gasteiger partial charge in [-0.2, -0.15) is 0 Å². The number of rotatable bonds is 3. The fourth-order valence-electron chi connectivity index (χ4n) is 3.24.